The largest absolute Gasteiger partial charge is 0.364 e. The van der Waals surface area contributed by atoms with Crippen molar-refractivity contribution in [3.05, 3.63) is 101 Å². The van der Waals surface area contributed by atoms with Gasteiger partial charge < -0.3 is 14.7 Å². The van der Waals surface area contributed by atoms with Crippen LogP contribution in [0.1, 0.15) is 103 Å². The monoisotopic (exact) mass is 807 g/mol. The molecule has 4 unspecified atom stereocenters. The molecule has 1 aromatic carbocycles. The lowest BCUT2D eigenvalue weighted by Crippen LogP contribution is -2.47. The van der Waals surface area contributed by atoms with E-state index in [0.29, 0.717) is 36.5 Å². The quantitative estimate of drug-likeness (QED) is 0.139. The number of piperazine rings is 1. The molecule has 3 aliphatic rings. The molecule has 308 valence electrons. The third-order valence-electron chi connectivity index (χ3n) is 12.3. The minimum absolute atomic E-state index is 0.0164. The summed E-state index contributed by atoms with van der Waals surface area (Å²) >= 11 is 0. The molecule has 3 aliphatic heterocycles. The topological polar surface area (TPSA) is 188 Å². The van der Waals surface area contributed by atoms with E-state index in [0.717, 1.165) is 94.0 Å². The van der Waals surface area contributed by atoms with Gasteiger partial charge in [0.1, 0.15) is 0 Å². The van der Waals surface area contributed by atoms with Crippen LogP contribution in [0, 0.1) is 13.8 Å². The van der Waals surface area contributed by atoms with Gasteiger partial charge in [-0.25, -0.2) is 4.98 Å². The Morgan fingerprint density at radius 3 is 2.52 bits per heavy atom. The van der Waals surface area contributed by atoms with E-state index in [1.165, 1.54) is 0 Å². The van der Waals surface area contributed by atoms with Crippen molar-refractivity contribution in [1.82, 2.24) is 50.8 Å². The number of aromatic amines is 1. The number of rotatable bonds is 10. The number of amides is 3. The zero-order chi connectivity index (χ0) is 41.9. The van der Waals surface area contributed by atoms with E-state index in [1.807, 2.05) is 72.3 Å². The average Bonchev–Trinajstić information content (AvgIpc) is 4.05. The smallest absolute Gasteiger partial charge is 0.293 e. The van der Waals surface area contributed by atoms with Crippen LogP contribution in [0.4, 0.5) is 5.69 Å². The molecular weight excluding hydrogens is 759 g/mol. The summed E-state index contributed by atoms with van der Waals surface area (Å²) in [5, 5.41) is 17.9. The van der Waals surface area contributed by atoms with Gasteiger partial charge in [0.2, 0.25) is 17.7 Å². The first-order valence-electron chi connectivity index (χ1n) is 20.7. The molecule has 15 heteroatoms. The lowest BCUT2D eigenvalue weighted by Gasteiger charge is -2.35. The van der Waals surface area contributed by atoms with Crippen LogP contribution >= 0.6 is 0 Å². The Balaban J connectivity index is 0.822. The predicted octanol–water partition coefficient (Wildman–Crippen LogP) is 5.90. The average molecular weight is 808 g/mol. The number of fused-ring (bicyclic) bond motifs is 3. The van der Waals surface area contributed by atoms with Gasteiger partial charge in [0.15, 0.2) is 5.65 Å². The van der Waals surface area contributed by atoms with Crippen molar-refractivity contribution < 1.29 is 18.9 Å². The molecule has 9 rings (SSSR count). The number of nitrogens with one attached hydrogen (secondary N) is 3. The van der Waals surface area contributed by atoms with E-state index in [-0.39, 0.29) is 35.0 Å². The Labute approximate surface area is 347 Å². The summed E-state index contributed by atoms with van der Waals surface area (Å²) in [6, 6.07) is 15.2. The number of pyridine rings is 3. The highest BCUT2D eigenvalue weighted by Crippen LogP contribution is 2.36. The maximum absolute atomic E-state index is 12.9. The summed E-state index contributed by atoms with van der Waals surface area (Å²) in [6.45, 7) is 14.7. The van der Waals surface area contributed by atoms with Crippen molar-refractivity contribution in [2.24, 2.45) is 0 Å². The normalized spacial score (nSPS) is 19.9. The number of carbonyl (C=O) groups excluding carboxylic acids is 3. The Morgan fingerprint density at radius 1 is 0.967 bits per heavy atom. The standard InChI is InChI=1S/C45H49N11O4/c1-24-15-27(7-9-33(24)26(3)49-43(59)41-51-44(60-54-41)45(4,5)6)39-35-17-28(19-48-40(35)53-52-39)37-11-8-30(20-47-37)56-23-31-18-32(56)22-55(31)14-13-29-16-25(2)36(21-46-29)34-10-12-38(57)50-42(34)58/h7-9,11,15-17,19-21,26,31-32,34H,10,12-14,18,22-23H2,1-6H3,(H,49,59)(H,48,52,53)(H,50,57,58). The molecule has 4 atom stereocenters. The summed E-state index contributed by atoms with van der Waals surface area (Å²) in [7, 11) is 0. The van der Waals surface area contributed by atoms with Crippen LogP contribution in [-0.4, -0.2) is 89.6 Å². The molecule has 0 aliphatic carbocycles. The molecule has 2 bridgehead atoms. The number of aryl methyl sites for hydroxylation is 2. The van der Waals surface area contributed by atoms with Gasteiger partial charge in [0, 0.05) is 84.6 Å². The third-order valence-corrected chi connectivity index (χ3v) is 12.3. The van der Waals surface area contributed by atoms with E-state index in [9.17, 15) is 14.4 Å². The fourth-order valence-electron chi connectivity index (χ4n) is 8.98. The number of hydrogen-bond donors (Lipinski definition) is 3. The van der Waals surface area contributed by atoms with Crippen molar-refractivity contribution in [2.75, 3.05) is 24.5 Å². The summed E-state index contributed by atoms with van der Waals surface area (Å²) in [5.74, 6) is -0.702. The van der Waals surface area contributed by atoms with Gasteiger partial charge in [-0.15, -0.1) is 0 Å². The zero-order valence-electron chi connectivity index (χ0n) is 34.7. The van der Waals surface area contributed by atoms with Gasteiger partial charge in [-0.2, -0.15) is 10.1 Å². The molecule has 0 spiro atoms. The molecule has 15 nitrogen and oxygen atoms in total. The number of nitrogens with zero attached hydrogens (tertiary/aromatic N) is 8. The molecule has 0 saturated carbocycles. The highest BCUT2D eigenvalue weighted by Gasteiger charge is 2.43. The molecule has 3 fully saturated rings. The highest BCUT2D eigenvalue weighted by molar-refractivity contribution is 6.01. The molecule has 60 heavy (non-hydrogen) atoms. The molecule has 8 heterocycles. The van der Waals surface area contributed by atoms with E-state index in [1.54, 1.807) is 0 Å². The van der Waals surface area contributed by atoms with Crippen molar-refractivity contribution in [2.45, 2.75) is 96.7 Å². The van der Waals surface area contributed by atoms with E-state index in [2.05, 4.69) is 76.1 Å². The SMILES string of the molecule is Cc1cc(-c2[nH]nc3ncc(-c4ccc(N5CC6CC5CN6CCc5cc(C)c(C6CCC(=O)NC6=O)cn5)cn4)cc23)ccc1C(C)NC(=O)c1noc(C(C)(C)C)n1. The second kappa shape index (κ2) is 15.4. The van der Waals surface area contributed by atoms with Gasteiger partial charge in [0.25, 0.3) is 11.7 Å². The first-order valence-corrected chi connectivity index (χ1v) is 20.7. The number of anilines is 1. The lowest BCUT2D eigenvalue weighted by molar-refractivity contribution is -0.134. The van der Waals surface area contributed by atoms with Crippen molar-refractivity contribution in [1.29, 1.82) is 0 Å². The fourth-order valence-corrected chi connectivity index (χ4v) is 8.98. The van der Waals surface area contributed by atoms with Crippen molar-refractivity contribution >= 4 is 34.4 Å². The van der Waals surface area contributed by atoms with Crippen LogP contribution in [0.3, 0.4) is 0 Å². The number of piperidine rings is 1. The number of benzene rings is 1. The Hall–Kier alpha value is -6.35. The number of imide groups is 1. The number of hydrogen-bond acceptors (Lipinski definition) is 12. The second-order valence-corrected chi connectivity index (χ2v) is 17.5. The van der Waals surface area contributed by atoms with Crippen LogP contribution < -0.4 is 15.5 Å². The maximum atomic E-state index is 12.9. The molecular formula is C45H49N11O4. The fraction of sp³-hybridized carbons (Fsp3) is 0.400. The van der Waals surface area contributed by atoms with E-state index < -0.39 is 5.91 Å². The number of likely N-dealkylation sites (tertiary alicyclic amines) is 1. The molecule has 0 radical (unpaired) electrons. The molecule has 5 aromatic heterocycles. The summed E-state index contributed by atoms with van der Waals surface area (Å²) < 4.78 is 5.31. The van der Waals surface area contributed by atoms with Crippen molar-refractivity contribution in [3.63, 3.8) is 0 Å². The zero-order valence-corrected chi connectivity index (χ0v) is 34.7. The summed E-state index contributed by atoms with van der Waals surface area (Å²) in [4.78, 5) is 60.6. The summed E-state index contributed by atoms with van der Waals surface area (Å²) in [5.41, 5.74) is 9.92. The first-order chi connectivity index (χ1) is 28.8. The molecule has 6 aromatic rings. The van der Waals surface area contributed by atoms with Crippen LogP contribution in [0.5, 0.6) is 0 Å². The minimum Gasteiger partial charge on any atom is -0.364 e. The van der Waals surface area contributed by atoms with E-state index >= 15 is 0 Å². The Morgan fingerprint density at radius 2 is 1.82 bits per heavy atom. The minimum atomic E-state index is -0.390. The number of aromatic nitrogens is 7. The van der Waals surface area contributed by atoms with Crippen LogP contribution in [-0.2, 0) is 21.4 Å². The van der Waals surface area contributed by atoms with Crippen molar-refractivity contribution in [3.8, 4) is 22.5 Å². The highest BCUT2D eigenvalue weighted by atomic mass is 16.5. The van der Waals surface area contributed by atoms with Gasteiger partial charge in [-0.05, 0) is 86.2 Å². The van der Waals surface area contributed by atoms with Gasteiger partial charge in [0.05, 0.1) is 35.2 Å². The number of H-pyrrole nitrogens is 1. The first kappa shape index (κ1) is 39.1. The van der Waals surface area contributed by atoms with Gasteiger partial charge in [-0.3, -0.25) is 39.7 Å². The second-order valence-electron chi connectivity index (χ2n) is 17.5. The predicted molar refractivity (Wildman–Crippen MR) is 225 cm³/mol. The van der Waals surface area contributed by atoms with Crippen LogP contribution in [0.15, 0.2) is 65.6 Å². The Bertz CT molecular complexity index is 2630. The maximum Gasteiger partial charge on any atom is 0.293 e. The molecule has 3 N–H and O–H groups in total. The Kier molecular flexibility index (Phi) is 10.0. The van der Waals surface area contributed by atoms with Gasteiger partial charge >= 0.3 is 0 Å². The van der Waals surface area contributed by atoms with Gasteiger partial charge in [-0.1, -0.05) is 38.1 Å². The molecule has 3 saturated heterocycles. The van der Waals surface area contributed by atoms with E-state index in [4.69, 9.17) is 14.5 Å². The third kappa shape index (κ3) is 7.53. The van der Waals surface area contributed by atoms with Crippen LogP contribution in [0.25, 0.3) is 33.5 Å². The van der Waals surface area contributed by atoms with Crippen LogP contribution in [0.2, 0.25) is 0 Å². The summed E-state index contributed by atoms with van der Waals surface area (Å²) in [6.07, 6.45) is 8.48. The lowest BCUT2D eigenvalue weighted by atomic mass is 9.88. The number of carbonyl (C=O) groups is 3. The molecule has 3 amide bonds.